The molecule has 2 heterocycles. The first kappa shape index (κ1) is 14.0. The summed E-state index contributed by atoms with van der Waals surface area (Å²) in [5, 5.41) is 3.42. The Morgan fingerprint density at radius 2 is 2.32 bits per heavy atom. The zero-order valence-corrected chi connectivity index (χ0v) is 12.5. The fraction of sp³-hybridized carbons (Fsp3) is 0.385. The topological polar surface area (TPSA) is 60.2 Å². The molecule has 0 radical (unpaired) electrons. The molecule has 1 N–H and O–H groups in total. The monoisotopic (exact) mass is 325 g/mol. The van der Waals surface area contributed by atoms with E-state index in [1.54, 1.807) is 13.4 Å². The average molecular weight is 326 g/mol. The lowest BCUT2D eigenvalue weighted by atomic mass is 10.1. The van der Waals surface area contributed by atoms with Crippen LogP contribution in [0, 0.1) is 0 Å². The number of nitrogens with one attached hydrogen (secondary N) is 1. The van der Waals surface area contributed by atoms with E-state index >= 15 is 0 Å². The average Bonchev–Trinajstić information content (AvgIpc) is 2.85. The predicted octanol–water partition coefficient (Wildman–Crippen LogP) is 2.73. The van der Waals surface area contributed by atoms with E-state index in [1.807, 2.05) is 12.1 Å². The van der Waals surface area contributed by atoms with Crippen molar-refractivity contribution < 1.29 is 9.15 Å². The van der Waals surface area contributed by atoms with E-state index in [0.717, 1.165) is 28.9 Å². The van der Waals surface area contributed by atoms with Crippen molar-refractivity contribution in [2.75, 3.05) is 13.7 Å². The summed E-state index contributed by atoms with van der Waals surface area (Å²) in [7, 11) is 1.60. The van der Waals surface area contributed by atoms with E-state index in [-0.39, 0.29) is 6.04 Å². The molecule has 6 heteroatoms. The maximum Gasteiger partial charge on any atom is 0.216 e. The summed E-state index contributed by atoms with van der Waals surface area (Å²) >= 11 is 3.41. The van der Waals surface area contributed by atoms with Crippen LogP contribution in [0.15, 0.2) is 33.8 Å². The van der Waals surface area contributed by atoms with Gasteiger partial charge in [-0.1, -0.05) is 6.92 Å². The van der Waals surface area contributed by atoms with Gasteiger partial charge in [0.25, 0.3) is 0 Å². The number of rotatable bonds is 6. The van der Waals surface area contributed by atoms with Gasteiger partial charge in [-0.2, -0.15) is 0 Å². The zero-order chi connectivity index (χ0) is 13.7. The van der Waals surface area contributed by atoms with Crippen LogP contribution in [0.3, 0.4) is 0 Å². The van der Waals surface area contributed by atoms with Gasteiger partial charge in [-0.15, -0.1) is 0 Å². The van der Waals surface area contributed by atoms with Crippen LogP contribution in [-0.4, -0.2) is 23.6 Å². The number of furan rings is 1. The van der Waals surface area contributed by atoms with Gasteiger partial charge in [0.2, 0.25) is 5.88 Å². The number of hydrogen-bond donors (Lipinski definition) is 1. The molecule has 0 saturated carbocycles. The fourth-order valence-electron chi connectivity index (χ4n) is 1.90. The van der Waals surface area contributed by atoms with Crippen LogP contribution < -0.4 is 10.1 Å². The second-order valence-corrected chi connectivity index (χ2v) is 4.74. The van der Waals surface area contributed by atoms with Crippen LogP contribution in [0.4, 0.5) is 0 Å². The van der Waals surface area contributed by atoms with Crippen molar-refractivity contribution in [3.63, 3.8) is 0 Å². The molecule has 5 nitrogen and oxygen atoms in total. The lowest BCUT2D eigenvalue weighted by Crippen LogP contribution is -2.23. The molecule has 2 aromatic heterocycles. The first-order chi connectivity index (χ1) is 9.24. The minimum atomic E-state index is 0.137. The Hall–Kier alpha value is -1.40. The maximum atomic E-state index is 5.29. The van der Waals surface area contributed by atoms with Crippen LogP contribution in [0.1, 0.15) is 24.2 Å². The molecule has 1 unspecified atom stereocenters. The number of ether oxygens (including phenoxy) is 1. The summed E-state index contributed by atoms with van der Waals surface area (Å²) in [4.78, 5) is 8.28. The Morgan fingerprint density at radius 3 is 2.95 bits per heavy atom. The number of halogens is 1. The van der Waals surface area contributed by atoms with Gasteiger partial charge in [0, 0.05) is 29.8 Å². The van der Waals surface area contributed by atoms with Gasteiger partial charge in [-0.05, 0) is 28.5 Å². The van der Waals surface area contributed by atoms with Crippen molar-refractivity contribution in [2.45, 2.75) is 19.4 Å². The van der Waals surface area contributed by atoms with E-state index in [2.05, 4.69) is 38.1 Å². The minimum Gasteiger partial charge on any atom is -0.481 e. The molecule has 1 atom stereocenters. The second-order valence-electron chi connectivity index (χ2n) is 4.02. The summed E-state index contributed by atoms with van der Waals surface area (Å²) in [6.07, 6.45) is 3.93. The Morgan fingerprint density at radius 1 is 1.47 bits per heavy atom. The molecule has 0 bridgehead atoms. The Kier molecular flexibility index (Phi) is 4.93. The first-order valence-corrected chi connectivity index (χ1v) is 6.85. The second kappa shape index (κ2) is 6.68. The number of likely N-dealkylation sites (N-methyl/N-ethyl adjacent to an activating group) is 1. The van der Waals surface area contributed by atoms with Gasteiger partial charge in [-0.3, -0.25) is 0 Å². The van der Waals surface area contributed by atoms with Gasteiger partial charge < -0.3 is 14.5 Å². The molecule has 2 rings (SSSR count). The van der Waals surface area contributed by atoms with Crippen LogP contribution >= 0.6 is 15.9 Å². The Bertz CT molecular complexity index is 530. The largest absolute Gasteiger partial charge is 0.481 e. The van der Waals surface area contributed by atoms with E-state index in [4.69, 9.17) is 9.15 Å². The van der Waals surface area contributed by atoms with Crippen molar-refractivity contribution in [1.29, 1.82) is 0 Å². The van der Waals surface area contributed by atoms with Crippen molar-refractivity contribution in [3.05, 3.63) is 40.7 Å². The summed E-state index contributed by atoms with van der Waals surface area (Å²) in [5.74, 6) is 0.575. The highest BCUT2D eigenvalue weighted by molar-refractivity contribution is 9.10. The molecule has 0 spiro atoms. The normalized spacial score (nSPS) is 12.4. The SMILES string of the molecule is CCNC(Cc1cc(OC)ncn1)c1ccoc1Br. The summed E-state index contributed by atoms with van der Waals surface area (Å²) in [5.41, 5.74) is 2.00. The molecule has 0 aliphatic heterocycles. The van der Waals surface area contributed by atoms with Crippen LogP contribution in [0.25, 0.3) is 0 Å². The standard InChI is InChI=1S/C13H16BrN3O2/c1-3-15-11(10-4-5-19-13(10)14)6-9-7-12(18-2)17-8-16-9/h4-5,7-8,11,15H,3,6H2,1-2H3. The summed E-state index contributed by atoms with van der Waals surface area (Å²) < 4.78 is 11.2. The number of nitrogens with zero attached hydrogens (tertiary/aromatic N) is 2. The van der Waals surface area contributed by atoms with Gasteiger partial charge in [0.15, 0.2) is 4.67 Å². The van der Waals surface area contributed by atoms with Crippen molar-refractivity contribution in [2.24, 2.45) is 0 Å². The molecule has 2 aromatic rings. The minimum absolute atomic E-state index is 0.137. The lowest BCUT2D eigenvalue weighted by molar-refractivity contribution is 0.395. The lowest BCUT2D eigenvalue weighted by Gasteiger charge is -2.16. The highest BCUT2D eigenvalue weighted by Crippen LogP contribution is 2.27. The molecular formula is C13H16BrN3O2. The summed E-state index contributed by atoms with van der Waals surface area (Å²) in [6.45, 7) is 2.94. The van der Waals surface area contributed by atoms with Gasteiger partial charge in [-0.25, -0.2) is 9.97 Å². The van der Waals surface area contributed by atoms with E-state index in [1.165, 1.54) is 6.33 Å². The Balaban J connectivity index is 2.18. The molecule has 0 aromatic carbocycles. The third-order valence-electron chi connectivity index (χ3n) is 2.79. The molecule has 0 fully saturated rings. The molecule has 0 aliphatic carbocycles. The van der Waals surface area contributed by atoms with Crippen LogP contribution in [0.5, 0.6) is 5.88 Å². The van der Waals surface area contributed by atoms with Gasteiger partial charge in [0.1, 0.15) is 6.33 Å². The molecule has 19 heavy (non-hydrogen) atoms. The third-order valence-corrected chi connectivity index (χ3v) is 3.44. The molecule has 0 aliphatic rings. The van der Waals surface area contributed by atoms with E-state index in [0.29, 0.717) is 5.88 Å². The number of hydrogen-bond acceptors (Lipinski definition) is 5. The fourth-order valence-corrected chi connectivity index (χ4v) is 2.42. The molecule has 0 saturated heterocycles. The molecule has 102 valence electrons. The van der Waals surface area contributed by atoms with Crippen molar-refractivity contribution in [3.8, 4) is 5.88 Å². The Labute approximate surface area is 120 Å². The third kappa shape index (κ3) is 3.54. The number of methoxy groups -OCH3 is 1. The number of aromatic nitrogens is 2. The quantitative estimate of drug-likeness (QED) is 0.884. The molecule has 0 amide bonds. The van der Waals surface area contributed by atoms with Crippen LogP contribution in [-0.2, 0) is 6.42 Å². The van der Waals surface area contributed by atoms with E-state index < -0.39 is 0 Å². The van der Waals surface area contributed by atoms with Crippen LogP contribution in [0.2, 0.25) is 0 Å². The van der Waals surface area contributed by atoms with E-state index in [9.17, 15) is 0 Å². The highest BCUT2D eigenvalue weighted by atomic mass is 79.9. The maximum absolute atomic E-state index is 5.29. The molecular weight excluding hydrogens is 310 g/mol. The van der Waals surface area contributed by atoms with Gasteiger partial charge >= 0.3 is 0 Å². The van der Waals surface area contributed by atoms with Gasteiger partial charge in [0.05, 0.1) is 13.4 Å². The first-order valence-electron chi connectivity index (χ1n) is 6.05. The predicted molar refractivity (Wildman–Crippen MR) is 75.1 cm³/mol. The highest BCUT2D eigenvalue weighted by Gasteiger charge is 2.17. The van der Waals surface area contributed by atoms with Crippen molar-refractivity contribution >= 4 is 15.9 Å². The smallest absolute Gasteiger partial charge is 0.216 e. The summed E-state index contributed by atoms with van der Waals surface area (Å²) in [6, 6.07) is 3.94. The zero-order valence-electron chi connectivity index (χ0n) is 10.9. The van der Waals surface area contributed by atoms with Crippen molar-refractivity contribution in [1.82, 2.24) is 15.3 Å².